The predicted octanol–water partition coefficient (Wildman–Crippen LogP) is 1.71. The number of ether oxygens (including phenoxy) is 1. The highest BCUT2D eigenvalue weighted by molar-refractivity contribution is 5.86. The van der Waals surface area contributed by atoms with Crippen molar-refractivity contribution in [1.82, 2.24) is 20.9 Å². The van der Waals surface area contributed by atoms with Gasteiger partial charge in [-0.25, -0.2) is 4.79 Å². The molecule has 1 aliphatic heterocycles. The number of amides is 2. The Bertz CT molecular complexity index is 534. The summed E-state index contributed by atoms with van der Waals surface area (Å²) in [7, 11) is 1.67. The molecule has 156 valence electrons. The van der Waals surface area contributed by atoms with Crippen LogP contribution in [0.2, 0.25) is 0 Å². The van der Waals surface area contributed by atoms with Crippen molar-refractivity contribution in [3.63, 3.8) is 0 Å². The first kappa shape index (κ1) is 23.0. The molecule has 0 aliphatic carbocycles. The molecule has 1 unspecified atom stereocenters. The molecule has 0 spiro atoms. The van der Waals surface area contributed by atoms with Crippen LogP contribution in [0.1, 0.15) is 54.4 Å². The van der Waals surface area contributed by atoms with Gasteiger partial charge in [0.1, 0.15) is 5.60 Å². The molecule has 3 N–H and O–H groups in total. The molecule has 1 rings (SSSR count). The number of nitrogens with one attached hydrogen (secondary N) is 3. The van der Waals surface area contributed by atoms with Crippen molar-refractivity contribution in [2.45, 2.75) is 65.5 Å². The summed E-state index contributed by atoms with van der Waals surface area (Å²) in [5, 5.41) is 9.16. The number of rotatable bonds is 4. The summed E-state index contributed by atoms with van der Waals surface area (Å²) in [5.74, 6) is 0.806. The molecule has 1 saturated heterocycles. The predicted molar refractivity (Wildman–Crippen MR) is 108 cm³/mol. The van der Waals surface area contributed by atoms with Crippen LogP contribution >= 0.6 is 0 Å². The zero-order chi connectivity index (χ0) is 20.7. The Kier molecular flexibility index (Phi) is 8.37. The van der Waals surface area contributed by atoms with Crippen molar-refractivity contribution >= 4 is 18.0 Å². The van der Waals surface area contributed by atoms with Gasteiger partial charge in [0.05, 0.1) is 6.54 Å². The Morgan fingerprint density at radius 1 is 1.15 bits per heavy atom. The summed E-state index contributed by atoms with van der Waals surface area (Å²) < 4.78 is 5.46. The Morgan fingerprint density at radius 2 is 1.81 bits per heavy atom. The average molecular weight is 384 g/mol. The second-order valence-corrected chi connectivity index (χ2v) is 9.04. The molecule has 0 aromatic carbocycles. The molecule has 1 aliphatic rings. The van der Waals surface area contributed by atoms with E-state index in [2.05, 4.69) is 20.9 Å². The number of hydrogen-bond donors (Lipinski definition) is 3. The first-order chi connectivity index (χ1) is 12.4. The van der Waals surface area contributed by atoms with Crippen molar-refractivity contribution in [2.24, 2.45) is 10.9 Å². The van der Waals surface area contributed by atoms with Gasteiger partial charge < -0.3 is 25.6 Å². The second-order valence-electron chi connectivity index (χ2n) is 9.04. The molecule has 2 amide bonds. The zero-order valence-electron chi connectivity index (χ0n) is 17.9. The van der Waals surface area contributed by atoms with Crippen LogP contribution in [0.25, 0.3) is 0 Å². The third-order valence-electron chi connectivity index (χ3n) is 3.88. The van der Waals surface area contributed by atoms with E-state index >= 15 is 0 Å². The topological polar surface area (TPSA) is 95.1 Å². The summed E-state index contributed by atoms with van der Waals surface area (Å²) in [6.45, 7) is 13.7. The fourth-order valence-corrected chi connectivity index (χ4v) is 2.81. The van der Waals surface area contributed by atoms with Crippen molar-refractivity contribution < 1.29 is 14.3 Å². The molecule has 0 bridgehead atoms. The maximum Gasteiger partial charge on any atom is 0.410 e. The SMILES string of the molecule is CN=C(NCC(=O)NC(C)(C)C)NCC1CCCN(C(=O)OC(C)(C)C)C1. The van der Waals surface area contributed by atoms with Gasteiger partial charge in [0, 0.05) is 32.2 Å². The minimum Gasteiger partial charge on any atom is -0.444 e. The van der Waals surface area contributed by atoms with Gasteiger partial charge in [0.2, 0.25) is 5.91 Å². The van der Waals surface area contributed by atoms with Gasteiger partial charge in [-0.2, -0.15) is 0 Å². The maximum atomic E-state index is 12.2. The Labute approximate surface area is 163 Å². The largest absolute Gasteiger partial charge is 0.444 e. The van der Waals surface area contributed by atoms with E-state index in [4.69, 9.17) is 4.74 Å². The van der Waals surface area contributed by atoms with Crippen molar-refractivity contribution in [3.05, 3.63) is 0 Å². The number of aliphatic imine (C=N–C) groups is 1. The lowest BCUT2D eigenvalue weighted by atomic mass is 9.98. The number of piperidine rings is 1. The molecular formula is C19H37N5O3. The normalized spacial score (nSPS) is 18.7. The van der Waals surface area contributed by atoms with Gasteiger partial charge in [0.15, 0.2) is 5.96 Å². The average Bonchev–Trinajstić information content (AvgIpc) is 2.52. The van der Waals surface area contributed by atoms with Gasteiger partial charge in [-0.05, 0) is 60.3 Å². The molecule has 0 aromatic rings. The van der Waals surface area contributed by atoms with Crippen molar-refractivity contribution in [1.29, 1.82) is 0 Å². The Balaban J connectivity index is 2.42. The van der Waals surface area contributed by atoms with Gasteiger partial charge >= 0.3 is 6.09 Å². The molecule has 0 aromatic heterocycles. The molecule has 0 radical (unpaired) electrons. The van der Waals surface area contributed by atoms with Crippen LogP contribution in [0.15, 0.2) is 4.99 Å². The van der Waals surface area contributed by atoms with Gasteiger partial charge in [-0.15, -0.1) is 0 Å². The van der Waals surface area contributed by atoms with Gasteiger partial charge in [0.25, 0.3) is 0 Å². The highest BCUT2D eigenvalue weighted by atomic mass is 16.6. The highest BCUT2D eigenvalue weighted by Crippen LogP contribution is 2.18. The molecule has 1 atom stereocenters. The molecule has 1 fully saturated rings. The van der Waals surface area contributed by atoms with Crippen LogP contribution in [0.3, 0.4) is 0 Å². The van der Waals surface area contributed by atoms with Crippen LogP contribution in [0, 0.1) is 5.92 Å². The van der Waals surface area contributed by atoms with E-state index in [0.717, 1.165) is 19.4 Å². The third kappa shape index (κ3) is 10.1. The summed E-state index contributed by atoms with van der Waals surface area (Å²) in [5.41, 5.74) is -0.745. The summed E-state index contributed by atoms with van der Waals surface area (Å²) in [4.78, 5) is 30.1. The monoisotopic (exact) mass is 383 g/mol. The van der Waals surface area contributed by atoms with Gasteiger partial charge in [-0.3, -0.25) is 9.79 Å². The maximum absolute atomic E-state index is 12.2. The fraction of sp³-hybridized carbons (Fsp3) is 0.842. The van der Waals surface area contributed by atoms with Crippen LogP contribution < -0.4 is 16.0 Å². The molecular weight excluding hydrogens is 346 g/mol. The van der Waals surface area contributed by atoms with Crippen molar-refractivity contribution in [3.8, 4) is 0 Å². The first-order valence-electron chi connectivity index (χ1n) is 9.63. The number of likely N-dealkylation sites (tertiary alicyclic amines) is 1. The van der Waals surface area contributed by atoms with Crippen LogP contribution in [0.5, 0.6) is 0 Å². The number of hydrogen-bond acceptors (Lipinski definition) is 4. The van der Waals surface area contributed by atoms with E-state index in [9.17, 15) is 9.59 Å². The number of carbonyl (C=O) groups is 2. The number of carbonyl (C=O) groups excluding carboxylic acids is 2. The second kappa shape index (κ2) is 9.80. The van der Waals surface area contributed by atoms with E-state index < -0.39 is 5.60 Å². The summed E-state index contributed by atoms with van der Waals surface area (Å²) in [6.07, 6.45) is 1.73. The smallest absolute Gasteiger partial charge is 0.410 e. The lowest BCUT2D eigenvalue weighted by Gasteiger charge is -2.34. The van der Waals surface area contributed by atoms with E-state index in [-0.39, 0.29) is 24.1 Å². The van der Waals surface area contributed by atoms with Gasteiger partial charge in [-0.1, -0.05) is 0 Å². The minimum atomic E-state index is -0.484. The lowest BCUT2D eigenvalue weighted by molar-refractivity contribution is -0.121. The van der Waals surface area contributed by atoms with Crippen LogP contribution in [0.4, 0.5) is 4.79 Å². The molecule has 27 heavy (non-hydrogen) atoms. The summed E-state index contributed by atoms with van der Waals surface area (Å²) >= 11 is 0. The standard InChI is InChI=1S/C19H37N5O3/c1-18(2,3)23-15(25)12-22-16(20-7)21-11-14-9-8-10-24(13-14)17(26)27-19(4,5)6/h14H,8-13H2,1-7H3,(H,23,25)(H2,20,21,22). The quantitative estimate of drug-likeness (QED) is 0.507. The van der Waals surface area contributed by atoms with Crippen molar-refractivity contribution in [2.75, 3.05) is 33.2 Å². The number of guanidine groups is 1. The fourth-order valence-electron chi connectivity index (χ4n) is 2.81. The molecule has 0 saturated carbocycles. The highest BCUT2D eigenvalue weighted by Gasteiger charge is 2.27. The zero-order valence-corrected chi connectivity index (χ0v) is 17.9. The number of nitrogens with zero attached hydrogens (tertiary/aromatic N) is 2. The minimum absolute atomic E-state index is 0.0841. The van der Waals surface area contributed by atoms with Crippen LogP contribution in [-0.2, 0) is 9.53 Å². The molecule has 8 nitrogen and oxygen atoms in total. The van der Waals surface area contributed by atoms with E-state index in [1.54, 1.807) is 11.9 Å². The first-order valence-corrected chi connectivity index (χ1v) is 9.63. The summed E-state index contributed by atoms with van der Waals surface area (Å²) in [6, 6.07) is 0. The third-order valence-corrected chi connectivity index (χ3v) is 3.88. The van der Waals surface area contributed by atoms with Crippen LogP contribution in [-0.4, -0.2) is 67.2 Å². The van der Waals surface area contributed by atoms with E-state index in [1.165, 1.54) is 0 Å². The lowest BCUT2D eigenvalue weighted by Crippen LogP contribution is -2.50. The van der Waals surface area contributed by atoms with E-state index in [0.29, 0.717) is 25.0 Å². The van der Waals surface area contributed by atoms with E-state index in [1.807, 2.05) is 41.5 Å². The Hall–Kier alpha value is -1.99. The molecule has 8 heteroatoms. The molecule has 1 heterocycles. The Morgan fingerprint density at radius 3 is 2.37 bits per heavy atom.